The molecule has 4 nitrogen and oxygen atoms in total. The number of nitrogens with zero attached hydrogens (tertiary/aromatic N) is 1. The van der Waals surface area contributed by atoms with Gasteiger partial charge in [0.2, 0.25) is 0 Å². The van der Waals surface area contributed by atoms with Gasteiger partial charge in [-0.1, -0.05) is 41.9 Å². The van der Waals surface area contributed by atoms with Crippen LogP contribution in [0, 0.1) is 11.6 Å². The Morgan fingerprint density at radius 2 is 1.94 bits per heavy atom. The Balaban J connectivity index is 1.49. The molecule has 0 radical (unpaired) electrons. The maximum Gasteiger partial charge on any atom is 0.304 e. The van der Waals surface area contributed by atoms with E-state index in [1.807, 2.05) is 36.4 Å². The second-order valence-electron chi connectivity index (χ2n) is 8.32. The van der Waals surface area contributed by atoms with Crippen molar-refractivity contribution >= 4 is 52.4 Å². The van der Waals surface area contributed by atoms with Crippen LogP contribution in [0.5, 0.6) is 5.75 Å². The van der Waals surface area contributed by atoms with Gasteiger partial charge in [0.15, 0.2) is 0 Å². The number of aliphatic carboxylic acids is 1. The zero-order chi connectivity index (χ0) is 25.2. The molecule has 0 bridgehead atoms. The fourth-order valence-corrected chi connectivity index (χ4v) is 5.60. The zero-order valence-electron chi connectivity index (χ0n) is 18.9. The van der Waals surface area contributed by atoms with Crippen LogP contribution >= 0.6 is 23.4 Å². The molecule has 0 spiro atoms. The Bertz CT molecular complexity index is 1510. The molecule has 0 aliphatic carbocycles. The molecule has 4 aromatic rings. The Morgan fingerprint density at radius 1 is 1.08 bits per heavy atom. The molecule has 1 unspecified atom stereocenters. The first-order valence-electron chi connectivity index (χ1n) is 11.2. The number of halogens is 3. The van der Waals surface area contributed by atoms with E-state index in [4.69, 9.17) is 21.4 Å². The average Bonchev–Trinajstić information content (AvgIpc) is 3.01. The first-order valence-corrected chi connectivity index (χ1v) is 12.6. The number of thioether (sulfide) groups is 1. The van der Waals surface area contributed by atoms with Gasteiger partial charge in [0.1, 0.15) is 24.0 Å². The van der Waals surface area contributed by atoms with E-state index in [0.29, 0.717) is 33.7 Å². The van der Waals surface area contributed by atoms with Crippen LogP contribution in [0.2, 0.25) is 5.02 Å². The molecule has 1 aliphatic heterocycles. The predicted octanol–water partition coefficient (Wildman–Crippen LogP) is 7.53. The van der Waals surface area contributed by atoms with Crippen molar-refractivity contribution in [2.24, 2.45) is 0 Å². The molecule has 1 N–H and O–H groups in total. The maximum atomic E-state index is 14.6. The third-order valence-corrected chi connectivity index (χ3v) is 7.50. The second-order valence-corrected chi connectivity index (χ2v) is 9.94. The van der Waals surface area contributed by atoms with Crippen molar-refractivity contribution in [3.05, 3.63) is 105 Å². The summed E-state index contributed by atoms with van der Waals surface area (Å²) in [5.41, 5.74) is 4.26. The highest BCUT2D eigenvalue weighted by molar-refractivity contribution is 7.99. The number of rotatable bonds is 6. The summed E-state index contributed by atoms with van der Waals surface area (Å²) in [4.78, 5) is 15.6. The van der Waals surface area contributed by atoms with Gasteiger partial charge in [-0.05, 0) is 53.6 Å². The molecular weight excluding hydrogens is 504 g/mol. The summed E-state index contributed by atoms with van der Waals surface area (Å²) < 4.78 is 34.3. The summed E-state index contributed by atoms with van der Waals surface area (Å²) in [5.74, 6) is -0.698. The number of benzene rings is 3. The number of hydrogen-bond acceptors (Lipinski definition) is 4. The summed E-state index contributed by atoms with van der Waals surface area (Å²) in [6, 6.07) is 17.1. The van der Waals surface area contributed by atoms with Crippen molar-refractivity contribution in [2.45, 2.75) is 18.3 Å². The predicted molar refractivity (Wildman–Crippen MR) is 139 cm³/mol. The van der Waals surface area contributed by atoms with Crippen molar-refractivity contribution in [1.82, 2.24) is 4.98 Å². The van der Waals surface area contributed by atoms with E-state index in [1.54, 1.807) is 18.2 Å². The molecule has 182 valence electrons. The molecule has 3 aromatic carbocycles. The molecule has 1 aliphatic rings. The zero-order valence-corrected chi connectivity index (χ0v) is 20.5. The van der Waals surface area contributed by atoms with Crippen LogP contribution in [0.1, 0.15) is 39.6 Å². The van der Waals surface area contributed by atoms with Crippen LogP contribution in [-0.2, 0) is 11.4 Å². The number of fused-ring (bicyclic) bond motifs is 3. The topological polar surface area (TPSA) is 59.4 Å². The maximum absolute atomic E-state index is 14.6. The lowest BCUT2D eigenvalue weighted by atomic mass is 9.98. The molecule has 1 atom stereocenters. The molecule has 0 saturated heterocycles. The van der Waals surface area contributed by atoms with Gasteiger partial charge >= 0.3 is 5.97 Å². The Labute approximate surface area is 215 Å². The smallest absolute Gasteiger partial charge is 0.304 e. The van der Waals surface area contributed by atoms with E-state index < -0.39 is 11.8 Å². The molecule has 36 heavy (non-hydrogen) atoms. The Morgan fingerprint density at radius 3 is 2.78 bits per heavy atom. The van der Waals surface area contributed by atoms with Crippen molar-refractivity contribution in [2.75, 3.05) is 5.75 Å². The molecule has 0 fully saturated rings. The minimum absolute atomic E-state index is 0.00312. The number of aromatic nitrogens is 1. The minimum Gasteiger partial charge on any atom is -0.488 e. The lowest BCUT2D eigenvalue weighted by Crippen LogP contribution is -2.04. The number of carbonyl (C=O) groups is 1. The minimum atomic E-state index is -0.879. The first-order chi connectivity index (χ1) is 17.4. The molecule has 8 heteroatoms. The largest absolute Gasteiger partial charge is 0.488 e. The van der Waals surface area contributed by atoms with Gasteiger partial charge in [-0.2, -0.15) is 0 Å². The fraction of sp³-hybridized carbons (Fsp3) is 0.143. The first kappa shape index (κ1) is 24.3. The van der Waals surface area contributed by atoms with Crippen molar-refractivity contribution < 1.29 is 23.4 Å². The second kappa shape index (κ2) is 10.3. The monoisotopic (exact) mass is 523 g/mol. The van der Waals surface area contributed by atoms with E-state index in [0.717, 1.165) is 16.7 Å². The summed E-state index contributed by atoms with van der Waals surface area (Å²) in [7, 11) is 0. The summed E-state index contributed by atoms with van der Waals surface area (Å²) >= 11 is 7.36. The van der Waals surface area contributed by atoms with Crippen molar-refractivity contribution in [1.29, 1.82) is 0 Å². The fourth-order valence-electron chi connectivity index (χ4n) is 4.15. The summed E-state index contributed by atoms with van der Waals surface area (Å²) in [6.45, 7) is 0.102. The van der Waals surface area contributed by atoms with Gasteiger partial charge in [0, 0.05) is 22.3 Å². The highest BCUT2D eigenvalue weighted by Gasteiger charge is 2.27. The van der Waals surface area contributed by atoms with Gasteiger partial charge in [0.25, 0.3) is 0 Å². The molecule has 5 rings (SSSR count). The molecule has 1 aromatic heterocycles. The molecule has 2 heterocycles. The van der Waals surface area contributed by atoms with E-state index in [9.17, 15) is 13.6 Å². The van der Waals surface area contributed by atoms with Crippen molar-refractivity contribution in [3.8, 4) is 5.75 Å². The van der Waals surface area contributed by atoms with E-state index in [-0.39, 0.29) is 29.1 Å². The van der Waals surface area contributed by atoms with E-state index >= 15 is 0 Å². The number of hydrogen-bond donors (Lipinski definition) is 1. The standard InChI is InChI=1S/C28H20ClF2NO3S/c29-22-14-25-17(13-24(22)31)6-8-18(32-25)7-4-16-5-9-26-20(12-16)28(36-11-10-27(33)34)19-2-1-3-23(30)21(19)15-35-26/h1-9,12-14,28H,10-11,15H2,(H,33,34)/b7-4+. The van der Waals surface area contributed by atoms with Crippen LogP contribution in [0.3, 0.4) is 0 Å². The quantitative estimate of drug-likeness (QED) is 0.283. The average molecular weight is 524 g/mol. The van der Waals surface area contributed by atoms with Gasteiger partial charge in [-0.3, -0.25) is 4.79 Å². The van der Waals surface area contributed by atoms with Crippen LogP contribution in [0.15, 0.2) is 60.7 Å². The normalized spacial score (nSPS) is 14.8. The Hall–Kier alpha value is -3.42. The molecule has 0 saturated carbocycles. The van der Waals surface area contributed by atoms with Crippen molar-refractivity contribution in [3.63, 3.8) is 0 Å². The van der Waals surface area contributed by atoms with Crippen LogP contribution in [-0.4, -0.2) is 21.8 Å². The van der Waals surface area contributed by atoms with Gasteiger partial charge in [-0.15, -0.1) is 11.8 Å². The number of ether oxygens (including phenoxy) is 1. The molecule has 0 amide bonds. The van der Waals surface area contributed by atoms with Gasteiger partial charge in [0.05, 0.1) is 27.9 Å². The third kappa shape index (κ3) is 5.08. The lowest BCUT2D eigenvalue weighted by Gasteiger charge is -2.19. The number of carboxylic acids is 1. The van der Waals surface area contributed by atoms with Crippen LogP contribution < -0.4 is 4.74 Å². The van der Waals surface area contributed by atoms with E-state index in [1.165, 1.54) is 30.0 Å². The SMILES string of the molecule is O=C(O)CCSC1c2cc(/C=C/c3ccc4cc(F)c(Cl)cc4n3)ccc2OCc2c(F)cccc21. The lowest BCUT2D eigenvalue weighted by molar-refractivity contribution is -0.136. The van der Waals surface area contributed by atoms with Crippen LogP contribution in [0.4, 0.5) is 8.78 Å². The van der Waals surface area contributed by atoms with E-state index in [2.05, 4.69) is 4.98 Å². The number of carboxylic acid groups (broad SMARTS) is 1. The molecular formula is C28H20ClF2NO3S. The van der Waals surface area contributed by atoms with Gasteiger partial charge < -0.3 is 9.84 Å². The summed E-state index contributed by atoms with van der Waals surface area (Å²) in [5, 5.41) is 9.50. The highest BCUT2D eigenvalue weighted by Crippen LogP contribution is 2.45. The summed E-state index contributed by atoms with van der Waals surface area (Å²) in [6.07, 6.45) is 3.75. The third-order valence-electron chi connectivity index (χ3n) is 5.93. The Kier molecular flexibility index (Phi) is 6.94. The van der Waals surface area contributed by atoms with Gasteiger partial charge in [-0.25, -0.2) is 13.8 Å². The van der Waals surface area contributed by atoms with Crippen LogP contribution in [0.25, 0.3) is 23.1 Å². The highest BCUT2D eigenvalue weighted by atomic mass is 35.5. The number of pyridine rings is 1.